The molecule has 0 amide bonds. The fourth-order valence-electron chi connectivity index (χ4n) is 3.25. The summed E-state index contributed by atoms with van der Waals surface area (Å²) in [5.74, 6) is 1.06. The van der Waals surface area contributed by atoms with Gasteiger partial charge >= 0.3 is 0 Å². The number of rotatable bonds is 5. The van der Waals surface area contributed by atoms with Crippen LogP contribution in [-0.2, 0) is 13.0 Å². The Morgan fingerprint density at radius 3 is 2.78 bits per heavy atom. The van der Waals surface area contributed by atoms with E-state index in [1.807, 2.05) is 30.5 Å². The number of allylic oxidation sites excluding steroid dienone is 4. The van der Waals surface area contributed by atoms with Crippen molar-refractivity contribution in [3.63, 3.8) is 0 Å². The predicted molar refractivity (Wildman–Crippen MR) is 92.5 cm³/mol. The molecule has 3 heteroatoms. The number of nitrogens with zero attached hydrogens (tertiary/aromatic N) is 2. The van der Waals surface area contributed by atoms with E-state index in [1.165, 1.54) is 11.1 Å². The molecular weight excluding hydrogens is 284 g/mol. The average Bonchev–Trinajstić information content (AvgIpc) is 2.94. The van der Waals surface area contributed by atoms with Gasteiger partial charge < -0.3 is 4.57 Å². The summed E-state index contributed by atoms with van der Waals surface area (Å²) in [7, 11) is 0. The molecule has 0 saturated heterocycles. The lowest BCUT2D eigenvalue weighted by Gasteiger charge is -2.30. The van der Waals surface area contributed by atoms with Crippen molar-refractivity contribution in [1.29, 1.82) is 0 Å². The highest BCUT2D eigenvalue weighted by Crippen LogP contribution is 2.33. The molecular formula is C20H22N2O. The molecule has 2 aromatic rings. The van der Waals surface area contributed by atoms with Gasteiger partial charge in [-0.3, -0.25) is 4.79 Å². The summed E-state index contributed by atoms with van der Waals surface area (Å²) in [6.45, 7) is 5.41. The fourth-order valence-corrected chi connectivity index (χ4v) is 3.25. The van der Waals surface area contributed by atoms with E-state index in [-0.39, 0.29) is 5.41 Å². The molecule has 23 heavy (non-hydrogen) atoms. The highest BCUT2D eigenvalue weighted by Gasteiger charge is 2.24. The van der Waals surface area contributed by atoms with Gasteiger partial charge in [-0.2, -0.15) is 0 Å². The molecule has 1 aliphatic carbocycles. The van der Waals surface area contributed by atoms with E-state index >= 15 is 0 Å². The van der Waals surface area contributed by atoms with Crippen molar-refractivity contribution in [2.45, 2.75) is 33.2 Å². The van der Waals surface area contributed by atoms with Gasteiger partial charge in [-0.05, 0) is 18.9 Å². The summed E-state index contributed by atoms with van der Waals surface area (Å²) >= 11 is 0. The van der Waals surface area contributed by atoms with Crippen LogP contribution in [0.5, 0.6) is 0 Å². The van der Waals surface area contributed by atoms with Crippen LogP contribution in [0.4, 0.5) is 0 Å². The van der Waals surface area contributed by atoms with E-state index in [0.717, 1.165) is 31.5 Å². The van der Waals surface area contributed by atoms with Crippen LogP contribution < -0.4 is 0 Å². The zero-order chi connectivity index (χ0) is 16.3. The third-order valence-electron chi connectivity index (χ3n) is 4.37. The summed E-state index contributed by atoms with van der Waals surface area (Å²) in [6.07, 6.45) is 13.3. The smallest absolute Gasteiger partial charge is 0.150 e. The Morgan fingerprint density at radius 1 is 1.30 bits per heavy atom. The maximum atomic E-state index is 10.7. The Morgan fingerprint density at radius 2 is 2.09 bits per heavy atom. The van der Waals surface area contributed by atoms with E-state index in [4.69, 9.17) is 0 Å². The first-order chi connectivity index (χ1) is 11.1. The monoisotopic (exact) mass is 306 g/mol. The van der Waals surface area contributed by atoms with Crippen molar-refractivity contribution < 1.29 is 4.79 Å². The summed E-state index contributed by atoms with van der Waals surface area (Å²) in [5.41, 5.74) is 3.43. The molecule has 1 atom stereocenters. The van der Waals surface area contributed by atoms with Gasteiger partial charge in [0.15, 0.2) is 0 Å². The largest absolute Gasteiger partial charge is 0.334 e. The van der Waals surface area contributed by atoms with Crippen molar-refractivity contribution in [1.82, 2.24) is 9.55 Å². The summed E-state index contributed by atoms with van der Waals surface area (Å²) in [6, 6.07) is 7.71. The zero-order valence-electron chi connectivity index (χ0n) is 13.7. The number of carbonyl (C=O) groups is 1. The molecule has 0 radical (unpaired) electrons. The third kappa shape index (κ3) is 3.67. The normalized spacial score (nSPS) is 20.3. The van der Waals surface area contributed by atoms with E-state index in [2.05, 4.69) is 47.8 Å². The van der Waals surface area contributed by atoms with Crippen LogP contribution in [0.3, 0.4) is 0 Å². The molecule has 3 nitrogen and oxygen atoms in total. The van der Waals surface area contributed by atoms with Crippen molar-refractivity contribution in [2.75, 3.05) is 0 Å². The number of benzene rings is 1. The van der Waals surface area contributed by atoms with E-state index < -0.39 is 0 Å². The zero-order valence-corrected chi connectivity index (χ0v) is 13.7. The molecule has 0 N–H and O–H groups in total. The minimum absolute atomic E-state index is 0.135. The quantitative estimate of drug-likeness (QED) is 0.776. The molecule has 1 unspecified atom stereocenters. The summed E-state index contributed by atoms with van der Waals surface area (Å²) < 4.78 is 2.25. The summed E-state index contributed by atoms with van der Waals surface area (Å²) in [5, 5.41) is 0. The lowest BCUT2D eigenvalue weighted by atomic mass is 9.80. The number of imidazole rings is 1. The van der Waals surface area contributed by atoms with Gasteiger partial charge in [0, 0.05) is 36.3 Å². The SMILES string of the molecule is CC1=CC=CC(C)(Cn2ccnc2Cc2ccc(C=O)cc2)C1. The average molecular weight is 306 g/mol. The van der Waals surface area contributed by atoms with Gasteiger partial charge in [0.25, 0.3) is 0 Å². The van der Waals surface area contributed by atoms with Crippen LogP contribution in [0.25, 0.3) is 0 Å². The Balaban J connectivity index is 1.75. The van der Waals surface area contributed by atoms with E-state index in [0.29, 0.717) is 5.56 Å². The van der Waals surface area contributed by atoms with Crippen LogP contribution >= 0.6 is 0 Å². The minimum atomic E-state index is 0.135. The second kappa shape index (κ2) is 6.37. The van der Waals surface area contributed by atoms with Crippen molar-refractivity contribution >= 4 is 6.29 Å². The fraction of sp³-hybridized carbons (Fsp3) is 0.300. The molecule has 1 aliphatic rings. The molecule has 118 valence electrons. The number of aromatic nitrogens is 2. The maximum absolute atomic E-state index is 10.7. The van der Waals surface area contributed by atoms with E-state index in [1.54, 1.807) is 0 Å². The second-order valence-electron chi connectivity index (χ2n) is 6.71. The van der Waals surface area contributed by atoms with Gasteiger partial charge in [0.05, 0.1) is 0 Å². The topological polar surface area (TPSA) is 34.9 Å². The van der Waals surface area contributed by atoms with Gasteiger partial charge in [-0.15, -0.1) is 0 Å². The molecule has 1 heterocycles. The lowest BCUT2D eigenvalue weighted by molar-refractivity contribution is 0.112. The highest BCUT2D eigenvalue weighted by molar-refractivity contribution is 5.74. The number of aldehydes is 1. The first kappa shape index (κ1) is 15.5. The maximum Gasteiger partial charge on any atom is 0.150 e. The van der Waals surface area contributed by atoms with Crippen LogP contribution in [0.2, 0.25) is 0 Å². The molecule has 0 fully saturated rings. The molecule has 0 bridgehead atoms. The molecule has 0 aliphatic heterocycles. The van der Waals surface area contributed by atoms with Crippen LogP contribution in [-0.4, -0.2) is 15.8 Å². The number of carbonyl (C=O) groups excluding carboxylic acids is 1. The number of hydrogen-bond donors (Lipinski definition) is 0. The first-order valence-electron chi connectivity index (χ1n) is 7.97. The van der Waals surface area contributed by atoms with Crippen molar-refractivity contribution in [3.8, 4) is 0 Å². The molecule has 1 aromatic heterocycles. The van der Waals surface area contributed by atoms with Crippen molar-refractivity contribution in [2.24, 2.45) is 5.41 Å². The molecule has 0 spiro atoms. The minimum Gasteiger partial charge on any atom is -0.334 e. The first-order valence-corrected chi connectivity index (χ1v) is 7.97. The van der Waals surface area contributed by atoms with Crippen LogP contribution in [0, 0.1) is 5.41 Å². The summed E-state index contributed by atoms with van der Waals surface area (Å²) in [4.78, 5) is 15.3. The Kier molecular flexibility index (Phi) is 4.28. The van der Waals surface area contributed by atoms with Gasteiger partial charge in [-0.1, -0.05) is 55.0 Å². The Labute approximate surface area is 137 Å². The third-order valence-corrected chi connectivity index (χ3v) is 4.37. The van der Waals surface area contributed by atoms with Gasteiger partial charge in [-0.25, -0.2) is 4.98 Å². The molecule has 1 aromatic carbocycles. The molecule has 3 rings (SSSR count). The van der Waals surface area contributed by atoms with Gasteiger partial charge in [0.2, 0.25) is 0 Å². The highest BCUT2D eigenvalue weighted by atomic mass is 16.1. The molecule has 0 saturated carbocycles. The number of hydrogen-bond acceptors (Lipinski definition) is 2. The van der Waals surface area contributed by atoms with Crippen LogP contribution in [0.1, 0.15) is 42.0 Å². The Bertz CT molecular complexity index is 752. The lowest BCUT2D eigenvalue weighted by Crippen LogP contribution is -2.24. The standard InChI is InChI=1S/C20H22N2O/c1-16-4-3-9-20(2,13-16)15-22-11-10-21-19(22)12-17-5-7-18(14-23)8-6-17/h3-11,14H,12-13,15H2,1-2H3. The second-order valence-corrected chi connectivity index (χ2v) is 6.71. The predicted octanol–water partition coefficient (Wildman–Crippen LogP) is 4.20. The van der Waals surface area contributed by atoms with Crippen molar-refractivity contribution in [3.05, 3.63) is 77.4 Å². The van der Waals surface area contributed by atoms with E-state index in [9.17, 15) is 4.79 Å². The Hall–Kier alpha value is -2.42. The van der Waals surface area contributed by atoms with Crippen LogP contribution in [0.15, 0.2) is 60.5 Å². The van der Waals surface area contributed by atoms with Gasteiger partial charge in [0.1, 0.15) is 12.1 Å².